The van der Waals surface area contributed by atoms with E-state index in [-0.39, 0.29) is 24.8 Å². The van der Waals surface area contributed by atoms with Crippen molar-refractivity contribution in [1.82, 2.24) is 19.6 Å². The van der Waals surface area contributed by atoms with Gasteiger partial charge in [-0.1, -0.05) is 0 Å². The Labute approximate surface area is 124 Å². The molecule has 2 N–H and O–H groups in total. The Hall–Kier alpha value is -1.67. The van der Waals surface area contributed by atoms with E-state index in [2.05, 4.69) is 31.4 Å². The first kappa shape index (κ1) is 14.7. The largest absolute Gasteiger partial charge is 0.394 e. The first-order chi connectivity index (χ1) is 9.61. The standard InChI is InChI=1S/C12H16BrN5O2/c1-9(8-17-4-2-3-14-17)16-10-7-15-18(5-6-19)12(20)11(10)13/h2-4,7,9,16,19H,5-6,8H2,1H3. The Morgan fingerprint density at radius 3 is 2.95 bits per heavy atom. The summed E-state index contributed by atoms with van der Waals surface area (Å²) in [4.78, 5) is 12.0. The van der Waals surface area contributed by atoms with Crippen molar-refractivity contribution in [2.45, 2.75) is 26.1 Å². The van der Waals surface area contributed by atoms with Crippen molar-refractivity contribution >= 4 is 21.6 Å². The Kier molecular flexibility index (Phi) is 4.91. The van der Waals surface area contributed by atoms with Crippen LogP contribution < -0.4 is 10.9 Å². The maximum Gasteiger partial charge on any atom is 0.283 e. The highest BCUT2D eigenvalue weighted by molar-refractivity contribution is 9.10. The molecule has 0 radical (unpaired) electrons. The van der Waals surface area contributed by atoms with Crippen LogP contribution in [0.3, 0.4) is 0 Å². The molecule has 0 bridgehead atoms. The third-order valence-electron chi connectivity index (χ3n) is 2.72. The number of nitrogens with one attached hydrogen (secondary N) is 1. The molecule has 0 aromatic carbocycles. The van der Waals surface area contributed by atoms with Crippen molar-refractivity contribution in [2.75, 3.05) is 11.9 Å². The summed E-state index contributed by atoms with van der Waals surface area (Å²) >= 11 is 3.27. The van der Waals surface area contributed by atoms with Crippen LogP contribution in [0.4, 0.5) is 5.69 Å². The number of hydrogen-bond donors (Lipinski definition) is 2. The smallest absolute Gasteiger partial charge is 0.283 e. The average Bonchev–Trinajstić information content (AvgIpc) is 2.91. The number of anilines is 1. The SMILES string of the molecule is CC(Cn1cccn1)Nc1cnn(CCO)c(=O)c1Br. The number of aliphatic hydroxyl groups is 1. The summed E-state index contributed by atoms with van der Waals surface area (Å²) in [6.45, 7) is 2.73. The van der Waals surface area contributed by atoms with E-state index in [1.807, 2.05) is 23.9 Å². The highest BCUT2D eigenvalue weighted by Gasteiger charge is 2.11. The van der Waals surface area contributed by atoms with Crippen molar-refractivity contribution < 1.29 is 5.11 Å². The molecule has 1 atom stereocenters. The van der Waals surface area contributed by atoms with Gasteiger partial charge >= 0.3 is 0 Å². The minimum atomic E-state index is -0.268. The van der Waals surface area contributed by atoms with Gasteiger partial charge in [0.25, 0.3) is 5.56 Å². The molecule has 0 spiro atoms. The zero-order valence-corrected chi connectivity index (χ0v) is 12.6. The summed E-state index contributed by atoms with van der Waals surface area (Å²) in [7, 11) is 0. The first-order valence-corrected chi connectivity index (χ1v) is 7.01. The zero-order chi connectivity index (χ0) is 14.5. The lowest BCUT2D eigenvalue weighted by Crippen LogP contribution is -2.28. The molecule has 1 unspecified atom stereocenters. The lowest BCUT2D eigenvalue weighted by molar-refractivity contribution is 0.266. The molecule has 2 aromatic rings. The van der Waals surface area contributed by atoms with Crippen LogP contribution in [0.1, 0.15) is 6.92 Å². The van der Waals surface area contributed by atoms with Gasteiger partial charge in [-0.25, -0.2) is 4.68 Å². The second-order valence-electron chi connectivity index (χ2n) is 4.40. The summed E-state index contributed by atoms with van der Waals surface area (Å²) in [6.07, 6.45) is 5.17. The molecule has 2 aromatic heterocycles. The van der Waals surface area contributed by atoms with E-state index in [0.717, 1.165) is 0 Å². The number of halogens is 1. The second-order valence-corrected chi connectivity index (χ2v) is 5.19. The van der Waals surface area contributed by atoms with Crippen molar-refractivity contribution in [3.05, 3.63) is 39.5 Å². The van der Waals surface area contributed by atoms with Crippen LogP contribution in [0.15, 0.2) is 33.9 Å². The molecule has 0 aliphatic rings. The molecule has 0 saturated carbocycles. The molecular weight excluding hydrogens is 326 g/mol. The maximum atomic E-state index is 12.0. The third kappa shape index (κ3) is 3.45. The minimum Gasteiger partial charge on any atom is -0.394 e. The van der Waals surface area contributed by atoms with E-state index >= 15 is 0 Å². The minimum absolute atomic E-state index is 0.0843. The predicted molar refractivity (Wildman–Crippen MR) is 78.6 cm³/mol. The van der Waals surface area contributed by atoms with Crippen LogP contribution in [0.25, 0.3) is 0 Å². The van der Waals surface area contributed by atoms with Crippen LogP contribution in [-0.2, 0) is 13.1 Å². The van der Waals surface area contributed by atoms with Crippen molar-refractivity contribution in [2.24, 2.45) is 0 Å². The molecule has 2 rings (SSSR count). The van der Waals surface area contributed by atoms with Crippen LogP contribution in [0.2, 0.25) is 0 Å². The van der Waals surface area contributed by atoms with E-state index in [1.165, 1.54) is 4.68 Å². The summed E-state index contributed by atoms with van der Waals surface area (Å²) in [5.41, 5.74) is 0.360. The van der Waals surface area contributed by atoms with Crippen LogP contribution in [0, 0.1) is 0 Å². The third-order valence-corrected chi connectivity index (χ3v) is 3.49. The summed E-state index contributed by atoms with van der Waals surface area (Å²) < 4.78 is 3.44. The molecule has 20 heavy (non-hydrogen) atoms. The Balaban J connectivity index is 2.09. The van der Waals surface area contributed by atoms with E-state index in [9.17, 15) is 4.79 Å². The molecule has 0 fully saturated rings. The number of aliphatic hydroxyl groups excluding tert-OH is 1. The van der Waals surface area contributed by atoms with Gasteiger partial charge in [-0.2, -0.15) is 10.2 Å². The van der Waals surface area contributed by atoms with Crippen LogP contribution >= 0.6 is 15.9 Å². The van der Waals surface area contributed by atoms with E-state index in [4.69, 9.17) is 5.11 Å². The fourth-order valence-electron chi connectivity index (χ4n) is 1.82. The Morgan fingerprint density at radius 2 is 2.30 bits per heavy atom. The van der Waals surface area contributed by atoms with Gasteiger partial charge in [0.2, 0.25) is 0 Å². The van der Waals surface area contributed by atoms with Gasteiger partial charge in [0.15, 0.2) is 0 Å². The average molecular weight is 342 g/mol. The van der Waals surface area contributed by atoms with Crippen molar-refractivity contribution in [1.29, 1.82) is 0 Å². The van der Waals surface area contributed by atoms with Crippen molar-refractivity contribution in [3.8, 4) is 0 Å². The van der Waals surface area contributed by atoms with Gasteiger partial charge in [-0.3, -0.25) is 9.48 Å². The Morgan fingerprint density at radius 1 is 1.50 bits per heavy atom. The molecule has 7 nitrogen and oxygen atoms in total. The van der Waals surface area contributed by atoms with Crippen LogP contribution in [0.5, 0.6) is 0 Å². The molecule has 0 aliphatic carbocycles. The van der Waals surface area contributed by atoms with Gasteiger partial charge in [0.05, 0.1) is 31.6 Å². The lowest BCUT2D eigenvalue weighted by atomic mass is 10.3. The first-order valence-electron chi connectivity index (χ1n) is 6.22. The summed E-state index contributed by atoms with van der Waals surface area (Å²) in [6, 6.07) is 1.95. The van der Waals surface area contributed by atoms with E-state index in [0.29, 0.717) is 16.7 Å². The summed E-state index contributed by atoms with van der Waals surface area (Å²) in [5, 5.41) is 20.2. The topological polar surface area (TPSA) is 85.0 Å². The van der Waals surface area contributed by atoms with Gasteiger partial charge in [-0.15, -0.1) is 0 Å². The molecular formula is C12H16BrN5O2. The fourth-order valence-corrected chi connectivity index (χ4v) is 2.24. The van der Waals surface area contributed by atoms with Gasteiger partial charge in [0.1, 0.15) is 4.47 Å². The molecule has 0 aliphatic heterocycles. The highest BCUT2D eigenvalue weighted by Crippen LogP contribution is 2.17. The van der Waals surface area contributed by atoms with Crippen molar-refractivity contribution in [3.63, 3.8) is 0 Å². The normalized spacial score (nSPS) is 12.3. The van der Waals surface area contributed by atoms with Gasteiger partial charge in [0, 0.05) is 18.4 Å². The lowest BCUT2D eigenvalue weighted by Gasteiger charge is -2.16. The molecule has 0 saturated heterocycles. The Bertz CT molecular complexity index is 611. The molecule has 2 heterocycles. The maximum absolute atomic E-state index is 12.0. The van der Waals surface area contributed by atoms with E-state index in [1.54, 1.807) is 12.4 Å². The number of hydrogen-bond acceptors (Lipinski definition) is 5. The fraction of sp³-hybridized carbons (Fsp3) is 0.417. The van der Waals surface area contributed by atoms with E-state index < -0.39 is 0 Å². The van der Waals surface area contributed by atoms with Gasteiger partial charge < -0.3 is 10.4 Å². The number of rotatable bonds is 6. The van der Waals surface area contributed by atoms with Gasteiger partial charge in [-0.05, 0) is 28.9 Å². The molecule has 0 amide bonds. The monoisotopic (exact) mass is 341 g/mol. The highest BCUT2D eigenvalue weighted by atomic mass is 79.9. The summed E-state index contributed by atoms with van der Waals surface area (Å²) in [5.74, 6) is 0. The number of aromatic nitrogens is 4. The molecule has 8 heteroatoms. The predicted octanol–water partition coefficient (Wildman–Crippen LogP) is 0.695. The van der Waals surface area contributed by atoms with Crippen LogP contribution in [-0.4, -0.2) is 37.3 Å². The second kappa shape index (κ2) is 6.67. The molecule has 108 valence electrons. The zero-order valence-electron chi connectivity index (χ0n) is 11.0. The number of nitrogens with zero attached hydrogens (tertiary/aromatic N) is 4. The quantitative estimate of drug-likeness (QED) is 0.807.